The van der Waals surface area contributed by atoms with Crippen molar-refractivity contribution >= 4 is 29.2 Å². The number of aliphatic hydroxyl groups is 3. The number of ketones is 3. The maximum absolute atomic E-state index is 14.6. The van der Waals surface area contributed by atoms with Gasteiger partial charge in [-0.05, 0) is 107 Å². The first-order chi connectivity index (χ1) is 36.1. The second-order valence-electron chi connectivity index (χ2n) is 21.8. The van der Waals surface area contributed by atoms with Gasteiger partial charge in [0.2, 0.25) is 11.5 Å². The fourth-order valence-electron chi connectivity index (χ4n) is 11.3. The number of benzene rings is 1. The van der Waals surface area contributed by atoms with Crippen molar-refractivity contribution in [2.24, 2.45) is 35.5 Å². The van der Waals surface area contributed by atoms with Crippen LogP contribution in [-0.2, 0) is 42.9 Å². The van der Waals surface area contributed by atoms with E-state index in [0.717, 1.165) is 5.57 Å². The molecule has 1 amide bonds. The molecular weight excluding hydrogens is 979 g/mol. The van der Waals surface area contributed by atoms with E-state index in [1.165, 1.54) is 33.3 Å². The minimum atomic E-state index is -2.54. The molecule has 3 fully saturated rings. The number of methoxy groups -OCH3 is 5. The number of esters is 1. The van der Waals surface area contributed by atoms with E-state index in [0.29, 0.717) is 86.4 Å². The van der Waals surface area contributed by atoms with Gasteiger partial charge in [-0.3, -0.25) is 19.2 Å². The molecule has 3 aliphatic heterocycles. The van der Waals surface area contributed by atoms with Crippen molar-refractivity contribution in [2.45, 2.75) is 180 Å². The fraction of sp³-hybridized carbons (Fsp3) is 0.678. The Hall–Kier alpha value is -4.91. The smallest absolute Gasteiger partial charge is 0.329 e. The molecule has 0 radical (unpaired) electrons. The number of piperidine rings is 1. The van der Waals surface area contributed by atoms with Crippen LogP contribution in [0.2, 0.25) is 0 Å². The lowest BCUT2D eigenvalue weighted by Crippen LogP contribution is -2.61. The van der Waals surface area contributed by atoms with Crippen molar-refractivity contribution in [1.82, 2.24) is 4.90 Å². The zero-order chi connectivity index (χ0) is 56.0. The van der Waals surface area contributed by atoms with Crippen LogP contribution in [0.5, 0.6) is 23.0 Å². The first kappa shape index (κ1) is 61.9. The Kier molecular flexibility index (Phi) is 23.3. The van der Waals surface area contributed by atoms with Gasteiger partial charge < -0.3 is 58.1 Å². The Balaban J connectivity index is 1.53. The molecule has 3 N–H and O–H groups in total. The number of carbonyl (C=O) groups is 5. The Morgan fingerprint density at radius 3 is 2.14 bits per heavy atom. The Morgan fingerprint density at radius 2 is 1.50 bits per heavy atom. The molecule has 2 saturated heterocycles. The van der Waals surface area contributed by atoms with Crippen LogP contribution in [0.4, 0.5) is 0 Å². The minimum absolute atomic E-state index is 0.0414. The quantitative estimate of drug-likeness (QED) is 0.116. The molecule has 1 saturated carbocycles. The highest BCUT2D eigenvalue weighted by Gasteiger charge is 2.53. The van der Waals surface area contributed by atoms with E-state index in [4.69, 9.17) is 37.9 Å². The Bertz CT molecular complexity index is 2250. The van der Waals surface area contributed by atoms with E-state index in [2.05, 4.69) is 0 Å². The third-order valence-electron chi connectivity index (χ3n) is 16.1. The first-order valence-electron chi connectivity index (χ1n) is 27.2. The summed E-state index contributed by atoms with van der Waals surface area (Å²) in [6, 6.07) is 2.14. The summed E-state index contributed by atoms with van der Waals surface area (Å²) in [5.41, 5.74) is 1.12. The molecule has 1 aliphatic carbocycles. The second kappa shape index (κ2) is 28.6. The van der Waals surface area contributed by atoms with Crippen molar-refractivity contribution in [3.05, 3.63) is 59.7 Å². The van der Waals surface area contributed by atoms with Gasteiger partial charge in [0.1, 0.15) is 42.0 Å². The number of rotatable bonds is 10. The van der Waals surface area contributed by atoms with Gasteiger partial charge in [0.15, 0.2) is 17.3 Å². The van der Waals surface area contributed by atoms with Crippen molar-refractivity contribution in [2.75, 3.05) is 42.1 Å². The highest BCUT2D eigenvalue weighted by Crippen LogP contribution is 2.43. The number of hydrogen-bond acceptors (Lipinski definition) is 16. The summed E-state index contributed by atoms with van der Waals surface area (Å²) in [6.45, 7) is 12.6. The number of cyclic esters (lactones) is 1. The highest BCUT2D eigenvalue weighted by atomic mass is 16.6. The van der Waals surface area contributed by atoms with E-state index in [9.17, 15) is 39.3 Å². The molecule has 3 heterocycles. The van der Waals surface area contributed by atoms with Crippen molar-refractivity contribution in [3.8, 4) is 23.0 Å². The van der Waals surface area contributed by atoms with E-state index >= 15 is 0 Å². The normalized spacial score (nSPS) is 36.1. The number of fused-ring (bicyclic) bond motifs is 3. The summed E-state index contributed by atoms with van der Waals surface area (Å²) in [4.78, 5) is 73.0. The number of hydrogen-bond donors (Lipinski definition) is 3. The van der Waals surface area contributed by atoms with Crippen LogP contribution < -0.4 is 18.9 Å². The van der Waals surface area contributed by atoms with Gasteiger partial charge in [-0.25, -0.2) is 4.79 Å². The third kappa shape index (κ3) is 15.6. The molecular formula is C59H87NO16. The van der Waals surface area contributed by atoms with Crippen molar-refractivity contribution in [1.29, 1.82) is 0 Å². The third-order valence-corrected chi connectivity index (χ3v) is 16.1. The summed E-state index contributed by atoms with van der Waals surface area (Å²) in [7, 11) is 7.42. The van der Waals surface area contributed by atoms with Gasteiger partial charge >= 0.3 is 5.97 Å². The molecule has 15 atom stereocenters. The van der Waals surface area contributed by atoms with Crippen LogP contribution in [0.3, 0.4) is 0 Å². The van der Waals surface area contributed by atoms with Gasteiger partial charge in [0.25, 0.3) is 11.7 Å². The van der Waals surface area contributed by atoms with E-state index < -0.39 is 83.9 Å². The van der Waals surface area contributed by atoms with Gasteiger partial charge in [-0.15, -0.1) is 0 Å². The Morgan fingerprint density at radius 1 is 0.803 bits per heavy atom. The molecule has 17 heteroatoms. The standard InChI is InChI=1S/C59H87NO16/c1-34-18-14-13-15-19-35(2)47(74-43-31-50(70-9)54(72-11)51(32-43)71-10)30-42-23-21-40(7)59(68,76-42)56(65)57(66)60-25-17-16-20-44(60)58(67)75-48(37(4)28-41-22-24-45(61)49(29-41)69-8)33-46(62)36(3)27-39(6)53(64)55(73-12)52(63)38(5)26-34/h13-15,18-19,27,31-32,34,36-38,40-42,44-45,47-49,53,55,61,64,68H,16-17,20-26,28-30,33H2,1-12H3/b15-13+,18-14+,35-19+,39-27+/t34-,36-,37-,38-,40-,41-,42+,44+,45-,47+,48+,49-,53-,55+,59-/m1/s1. The average molecular weight is 1070 g/mol. The number of carbonyl (C=O) groups excluding carboxylic acids is 5. The predicted octanol–water partition coefficient (Wildman–Crippen LogP) is 7.64. The predicted molar refractivity (Wildman–Crippen MR) is 285 cm³/mol. The maximum atomic E-state index is 14.6. The molecule has 76 heavy (non-hydrogen) atoms. The Labute approximate surface area is 450 Å². The summed E-state index contributed by atoms with van der Waals surface area (Å²) in [6.07, 6.45) is 9.86. The molecule has 4 aliphatic rings. The van der Waals surface area contributed by atoms with Crippen LogP contribution in [0.15, 0.2) is 59.7 Å². The van der Waals surface area contributed by atoms with E-state index in [1.807, 2.05) is 51.2 Å². The van der Waals surface area contributed by atoms with Crippen LogP contribution in [-0.4, -0.2) is 146 Å². The van der Waals surface area contributed by atoms with Gasteiger partial charge in [-0.2, -0.15) is 0 Å². The lowest BCUT2D eigenvalue weighted by Gasteiger charge is -2.43. The summed E-state index contributed by atoms with van der Waals surface area (Å²) < 4.78 is 47.3. The maximum Gasteiger partial charge on any atom is 0.329 e. The summed E-state index contributed by atoms with van der Waals surface area (Å²) in [5, 5.41) is 34.4. The number of ether oxygens (including phenoxy) is 8. The van der Waals surface area contributed by atoms with Crippen LogP contribution in [0.1, 0.15) is 126 Å². The van der Waals surface area contributed by atoms with E-state index in [-0.39, 0.29) is 61.2 Å². The number of amides is 1. The minimum Gasteiger partial charge on any atom is -0.493 e. The first-order valence-corrected chi connectivity index (χ1v) is 27.2. The molecule has 17 nitrogen and oxygen atoms in total. The summed E-state index contributed by atoms with van der Waals surface area (Å²) in [5.74, 6) is -7.04. The second-order valence-corrected chi connectivity index (χ2v) is 21.8. The van der Waals surface area contributed by atoms with Crippen LogP contribution in [0.25, 0.3) is 0 Å². The topological polar surface area (TPSA) is 223 Å². The molecule has 1 aromatic carbocycles. The van der Waals surface area contributed by atoms with Gasteiger partial charge in [0, 0.05) is 63.5 Å². The van der Waals surface area contributed by atoms with Crippen molar-refractivity contribution in [3.63, 3.8) is 0 Å². The number of allylic oxidation sites excluding steroid dienone is 6. The molecule has 0 spiro atoms. The van der Waals surface area contributed by atoms with E-state index in [1.54, 1.807) is 53.0 Å². The molecule has 1 aromatic rings. The molecule has 2 bridgehead atoms. The lowest BCUT2D eigenvalue weighted by atomic mass is 9.78. The van der Waals surface area contributed by atoms with Gasteiger partial charge in [0.05, 0.1) is 39.6 Å². The number of nitrogens with zero attached hydrogens (tertiary/aromatic N) is 1. The van der Waals surface area contributed by atoms with Crippen LogP contribution >= 0.6 is 0 Å². The SMILES string of the molecule is COc1cc(O[C@H]2C[C@@H]3CC[C@@H](C)[C@@](O)(O3)C(=O)C(=O)N3CCCC[C@H]3C(=O)O[C@H]([C@H](C)C[C@H]3CC[C@@H](O)[C@H](OC)C3)CC(=O)[C@H](C)/C=C(\C)[C@@H](O)[C@@H](OC)C(=O)[C@H](C)C[C@H](C)/C=C/C=C/C=C/2C)cc(OC)c1OC. The van der Waals surface area contributed by atoms with Crippen LogP contribution in [0, 0.1) is 35.5 Å². The number of Topliss-reactive ketones (excluding diaryl/α,β-unsaturated/α-hetero) is 3. The fourth-order valence-corrected chi connectivity index (χ4v) is 11.3. The zero-order valence-electron chi connectivity index (χ0n) is 47.0. The summed E-state index contributed by atoms with van der Waals surface area (Å²) >= 11 is 0. The molecule has 0 unspecified atom stereocenters. The molecule has 424 valence electrons. The highest BCUT2D eigenvalue weighted by molar-refractivity contribution is 6.39. The number of aliphatic hydroxyl groups excluding tert-OH is 2. The average Bonchev–Trinajstić information content (AvgIpc) is 3.40. The van der Waals surface area contributed by atoms with Gasteiger partial charge in [-0.1, -0.05) is 71.1 Å². The zero-order valence-corrected chi connectivity index (χ0v) is 47.0. The molecule has 0 aromatic heterocycles. The monoisotopic (exact) mass is 1070 g/mol. The largest absolute Gasteiger partial charge is 0.493 e. The van der Waals surface area contributed by atoms with Crippen molar-refractivity contribution < 1.29 is 77.2 Å². The lowest BCUT2D eigenvalue weighted by molar-refractivity contribution is -0.265. The molecule has 5 rings (SSSR count).